The fourth-order valence-electron chi connectivity index (χ4n) is 1.39. The molecule has 0 unspecified atom stereocenters. The highest BCUT2D eigenvalue weighted by Gasteiger charge is 2.43. The molecule has 6 nitrogen and oxygen atoms in total. The summed E-state index contributed by atoms with van der Waals surface area (Å²) < 4.78 is 0. The van der Waals surface area contributed by atoms with Crippen molar-refractivity contribution in [3.8, 4) is 0 Å². The molecule has 15 heavy (non-hydrogen) atoms. The van der Waals surface area contributed by atoms with Gasteiger partial charge < -0.3 is 0 Å². The van der Waals surface area contributed by atoms with E-state index in [1.807, 2.05) is 0 Å². The zero-order valence-electron chi connectivity index (χ0n) is 9.14. The summed E-state index contributed by atoms with van der Waals surface area (Å²) in [5.74, 6) is -2.00. The fraction of sp³-hybridized carbons (Fsp3) is 0.556. The molecule has 0 spiro atoms. The zero-order chi connectivity index (χ0) is 11.7. The zero-order valence-corrected chi connectivity index (χ0v) is 9.14. The molecule has 1 aliphatic heterocycles. The van der Waals surface area contributed by atoms with Gasteiger partial charge in [-0.1, -0.05) is 0 Å². The van der Waals surface area contributed by atoms with E-state index in [-0.39, 0.29) is 0 Å². The minimum Gasteiger partial charge on any atom is -0.296 e. The second-order valence-electron chi connectivity index (χ2n) is 3.38. The van der Waals surface area contributed by atoms with Crippen molar-refractivity contribution in [3.05, 3.63) is 0 Å². The predicted molar refractivity (Wildman–Crippen MR) is 53.5 cm³/mol. The standard InChI is InChI=1S/C9H13N3O3/c1-5(10-2)6-7(13)11(3)9(15)12(4)8(6)14/h6H,1-4H3. The first-order valence-electron chi connectivity index (χ1n) is 4.44. The molecule has 0 aromatic carbocycles. The lowest BCUT2D eigenvalue weighted by atomic mass is 9.99. The molecule has 1 aliphatic rings. The Kier molecular flexibility index (Phi) is 2.88. The van der Waals surface area contributed by atoms with E-state index in [1.54, 1.807) is 6.92 Å². The van der Waals surface area contributed by atoms with Gasteiger partial charge in [-0.15, -0.1) is 0 Å². The van der Waals surface area contributed by atoms with Crippen LogP contribution in [0.5, 0.6) is 0 Å². The van der Waals surface area contributed by atoms with Crippen LogP contribution in [-0.4, -0.2) is 54.5 Å². The van der Waals surface area contributed by atoms with Gasteiger partial charge in [0.15, 0.2) is 5.92 Å². The lowest BCUT2D eigenvalue weighted by Crippen LogP contribution is -2.58. The van der Waals surface area contributed by atoms with Gasteiger partial charge in [0.25, 0.3) is 0 Å². The number of amides is 4. The molecule has 1 heterocycles. The van der Waals surface area contributed by atoms with Crippen LogP contribution in [-0.2, 0) is 9.59 Å². The van der Waals surface area contributed by atoms with Crippen molar-refractivity contribution in [1.29, 1.82) is 0 Å². The largest absolute Gasteiger partial charge is 0.332 e. The molecule has 0 bridgehead atoms. The van der Waals surface area contributed by atoms with E-state index in [2.05, 4.69) is 4.99 Å². The SMILES string of the molecule is CN=C(C)C1C(=O)N(C)C(=O)N(C)C1=O. The Labute approximate surface area is 87.6 Å². The van der Waals surface area contributed by atoms with Crippen molar-refractivity contribution < 1.29 is 14.4 Å². The third kappa shape index (κ3) is 1.62. The van der Waals surface area contributed by atoms with Crippen molar-refractivity contribution in [2.45, 2.75) is 6.92 Å². The minimum absolute atomic E-state index is 0.413. The molecular formula is C9H13N3O3. The van der Waals surface area contributed by atoms with Crippen LogP contribution in [0.3, 0.4) is 0 Å². The molecule has 1 rings (SSSR count). The van der Waals surface area contributed by atoms with Crippen molar-refractivity contribution in [1.82, 2.24) is 9.80 Å². The Bertz CT molecular complexity index is 338. The Morgan fingerprint density at radius 3 is 1.87 bits per heavy atom. The normalized spacial score (nSPS) is 20.3. The van der Waals surface area contributed by atoms with Gasteiger partial charge in [-0.2, -0.15) is 0 Å². The summed E-state index contributed by atoms with van der Waals surface area (Å²) in [6.45, 7) is 1.60. The molecule has 0 saturated carbocycles. The highest BCUT2D eigenvalue weighted by atomic mass is 16.2. The van der Waals surface area contributed by atoms with Gasteiger partial charge in [0.2, 0.25) is 11.8 Å². The van der Waals surface area contributed by atoms with Crippen molar-refractivity contribution in [2.24, 2.45) is 10.9 Å². The Morgan fingerprint density at radius 1 is 1.13 bits per heavy atom. The molecule has 0 aromatic rings. The lowest BCUT2D eigenvalue weighted by molar-refractivity contribution is -0.144. The second kappa shape index (κ2) is 3.80. The molecular weight excluding hydrogens is 198 g/mol. The van der Waals surface area contributed by atoms with Crippen LogP contribution in [0.4, 0.5) is 4.79 Å². The number of carbonyl (C=O) groups is 3. The van der Waals surface area contributed by atoms with Crippen LogP contribution in [0.25, 0.3) is 0 Å². The lowest BCUT2D eigenvalue weighted by Gasteiger charge is -2.32. The number of hydrogen-bond donors (Lipinski definition) is 0. The van der Waals surface area contributed by atoms with Crippen molar-refractivity contribution in [2.75, 3.05) is 21.1 Å². The van der Waals surface area contributed by atoms with Gasteiger partial charge in [-0.25, -0.2) is 4.79 Å². The first-order chi connectivity index (χ1) is 6.91. The number of imide groups is 2. The smallest absolute Gasteiger partial charge is 0.296 e. The maximum absolute atomic E-state index is 11.7. The van der Waals surface area contributed by atoms with Crippen LogP contribution in [0.15, 0.2) is 4.99 Å². The highest BCUT2D eigenvalue weighted by Crippen LogP contribution is 2.16. The van der Waals surface area contributed by atoms with Crippen LogP contribution in [0.1, 0.15) is 6.92 Å². The minimum atomic E-state index is -0.956. The van der Waals surface area contributed by atoms with Crippen LogP contribution >= 0.6 is 0 Å². The number of barbiturate groups is 1. The molecule has 0 atom stereocenters. The first-order valence-corrected chi connectivity index (χ1v) is 4.44. The number of rotatable bonds is 1. The molecule has 82 valence electrons. The Hall–Kier alpha value is -1.72. The van der Waals surface area contributed by atoms with Crippen LogP contribution in [0, 0.1) is 5.92 Å². The van der Waals surface area contributed by atoms with Crippen LogP contribution in [0.2, 0.25) is 0 Å². The summed E-state index contributed by atoms with van der Waals surface area (Å²) >= 11 is 0. The van der Waals surface area contributed by atoms with Gasteiger partial charge in [-0.3, -0.25) is 24.4 Å². The predicted octanol–water partition coefficient (Wildman–Crippen LogP) is -0.256. The average Bonchev–Trinajstić information content (AvgIpc) is 2.23. The number of carbonyl (C=O) groups excluding carboxylic acids is 3. The second-order valence-corrected chi connectivity index (χ2v) is 3.38. The van der Waals surface area contributed by atoms with E-state index in [4.69, 9.17) is 0 Å². The van der Waals surface area contributed by atoms with E-state index >= 15 is 0 Å². The monoisotopic (exact) mass is 211 g/mol. The van der Waals surface area contributed by atoms with E-state index < -0.39 is 23.8 Å². The highest BCUT2D eigenvalue weighted by molar-refractivity contribution is 6.26. The summed E-state index contributed by atoms with van der Waals surface area (Å²) in [5, 5.41) is 0. The van der Waals surface area contributed by atoms with E-state index in [0.29, 0.717) is 5.71 Å². The Morgan fingerprint density at radius 2 is 1.53 bits per heavy atom. The maximum atomic E-state index is 11.7. The number of urea groups is 1. The fourth-order valence-corrected chi connectivity index (χ4v) is 1.39. The van der Waals surface area contributed by atoms with Gasteiger partial charge in [-0.05, 0) is 6.92 Å². The van der Waals surface area contributed by atoms with Gasteiger partial charge in [0.05, 0.1) is 0 Å². The van der Waals surface area contributed by atoms with E-state index in [1.165, 1.54) is 21.1 Å². The van der Waals surface area contributed by atoms with E-state index in [0.717, 1.165) is 9.80 Å². The molecule has 1 fully saturated rings. The summed E-state index contributed by atoms with van der Waals surface area (Å²) in [5.41, 5.74) is 0.413. The summed E-state index contributed by atoms with van der Waals surface area (Å²) in [6.07, 6.45) is 0. The van der Waals surface area contributed by atoms with Gasteiger partial charge >= 0.3 is 6.03 Å². The number of nitrogens with zero attached hydrogens (tertiary/aromatic N) is 3. The summed E-state index contributed by atoms with van der Waals surface area (Å²) in [4.78, 5) is 40.4. The molecule has 6 heteroatoms. The third-order valence-electron chi connectivity index (χ3n) is 2.50. The van der Waals surface area contributed by atoms with Gasteiger partial charge in [0.1, 0.15) is 0 Å². The maximum Gasteiger partial charge on any atom is 0.332 e. The topological polar surface area (TPSA) is 70.1 Å². The molecule has 0 aromatic heterocycles. The first kappa shape index (κ1) is 11.4. The molecule has 0 aliphatic carbocycles. The summed E-state index contributed by atoms with van der Waals surface area (Å²) in [7, 11) is 4.21. The quantitative estimate of drug-likeness (QED) is 0.443. The average molecular weight is 211 g/mol. The molecule has 0 N–H and O–H groups in total. The molecule has 1 saturated heterocycles. The van der Waals surface area contributed by atoms with Gasteiger partial charge in [0, 0.05) is 26.9 Å². The van der Waals surface area contributed by atoms with E-state index in [9.17, 15) is 14.4 Å². The van der Waals surface area contributed by atoms with Crippen molar-refractivity contribution in [3.63, 3.8) is 0 Å². The summed E-state index contributed by atoms with van der Waals surface area (Å²) in [6, 6.07) is -0.606. The third-order valence-corrected chi connectivity index (χ3v) is 2.50. The number of aliphatic imine (C=N–C) groups is 1. The molecule has 4 amide bonds. The Balaban J connectivity index is 3.13. The van der Waals surface area contributed by atoms with Crippen molar-refractivity contribution >= 4 is 23.6 Å². The number of hydrogen-bond acceptors (Lipinski definition) is 4. The molecule has 0 radical (unpaired) electrons. The van der Waals surface area contributed by atoms with Crippen LogP contribution < -0.4 is 0 Å².